The van der Waals surface area contributed by atoms with Gasteiger partial charge >= 0.3 is 6.18 Å². The number of nitriles is 1. The summed E-state index contributed by atoms with van der Waals surface area (Å²) in [4.78, 5) is 12.3. The molecule has 29 heavy (non-hydrogen) atoms. The summed E-state index contributed by atoms with van der Waals surface area (Å²) in [5, 5.41) is 10.5. The molecule has 2 aromatic carbocycles. The number of carbonyl (C=O) groups excluding carboxylic acids is 1. The molecule has 0 fully saturated rings. The van der Waals surface area contributed by atoms with Gasteiger partial charge in [0.05, 0.1) is 35.0 Å². The zero-order valence-electron chi connectivity index (χ0n) is 15.0. The maximum absolute atomic E-state index is 13.1. The minimum absolute atomic E-state index is 0.189. The van der Waals surface area contributed by atoms with Crippen LogP contribution in [0.2, 0.25) is 5.02 Å². The molecule has 0 heterocycles. The summed E-state index contributed by atoms with van der Waals surface area (Å²) in [6, 6.07) is 10.8. The quantitative estimate of drug-likeness (QED) is 0.731. The Kier molecular flexibility index (Phi) is 6.77. The average Bonchev–Trinajstić information content (AvgIpc) is 2.60. The van der Waals surface area contributed by atoms with Crippen LogP contribution in [0.15, 0.2) is 42.5 Å². The van der Waals surface area contributed by atoms with E-state index in [4.69, 9.17) is 16.9 Å². The molecule has 154 valence electrons. The number of amides is 1. The van der Waals surface area contributed by atoms with E-state index in [1.54, 1.807) is 12.1 Å². The number of nitrogens with one attached hydrogen (secondary N) is 1. The Bertz CT molecular complexity index is 1050. The Morgan fingerprint density at radius 1 is 1.21 bits per heavy atom. The molecule has 0 saturated heterocycles. The first-order chi connectivity index (χ1) is 13.4. The molecule has 0 bridgehead atoms. The minimum Gasteiger partial charge on any atom is -0.325 e. The van der Waals surface area contributed by atoms with Crippen molar-refractivity contribution in [3.05, 3.63) is 58.6 Å². The normalized spacial score (nSPS) is 11.6. The predicted molar refractivity (Wildman–Crippen MR) is 103 cm³/mol. The van der Waals surface area contributed by atoms with E-state index < -0.39 is 39.2 Å². The number of anilines is 2. The van der Waals surface area contributed by atoms with Gasteiger partial charge in [0.1, 0.15) is 6.54 Å². The zero-order chi connectivity index (χ0) is 21.8. The molecule has 2 rings (SSSR count). The van der Waals surface area contributed by atoms with Gasteiger partial charge in [0.2, 0.25) is 15.9 Å². The molecule has 2 aromatic rings. The fraction of sp³-hybridized carbons (Fsp3) is 0.222. The highest BCUT2D eigenvalue weighted by molar-refractivity contribution is 7.92. The molecule has 0 aliphatic rings. The van der Waals surface area contributed by atoms with E-state index >= 15 is 0 Å². The first-order valence-corrected chi connectivity index (χ1v) is 10.2. The van der Waals surface area contributed by atoms with Crippen LogP contribution in [0.3, 0.4) is 0 Å². The van der Waals surface area contributed by atoms with Crippen LogP contribution < -0.4 is 9.62 Å². The van der Waals surface area contributed by atoms with Gasteiger partial charge in [0, 0.05) is 5.69 Å². The lowest BCUT2D eigenvalue weighted by Crippen LogP contribution is -2.37. The molecular formula is C18H15ClF3N3O3S. The number of rotatable bonds is 6. The number of hydrogen-bond acceptors (Lipinski definition) is 4. The first kappa shape index (κ1) is 22.5. The Hall–Kier alpha value is -2.77. The lowest BCUT2D eigenvalue weighted by Gasteiger charge is -2.23. The number of sulfonamides is 1. The summed E-state index contributed by atoms with van der Waals surface area (Å²) >= 11 is 5.56. The van der Waals surface area contributed by atoms with Crippen molar-refractivity contribution in [1.29, 1.82) is 5.26 Å². The van der Waals surface area contributed by atoms with E-state index in [2.05, 4.69) is 5.32 Å². The number of hydrogen-bond donors (Lipinski definition) is 1. The van der Waals surface area contributed by atoms with E-state index in [0.29, 0.717) is 16.1 Å². The predicted octanol–water partition coefficient (Wildman–Crippen LogP) is 3.83. The lowest BCUT2D eigenvalue weighted by molar-refractivity contribution is -0.137. The first-order valence-electron chi connectivity index (χ1n) is 8.02. The second-order valence-electron chi connectivity index (χ2n) is 6.01. The Balaban J connectivity index is 2.26. The van der Waals surface area contributed by atoms with Gasteiger partial charge < -0.3 is 5.32 Å². The van der Waals surface area contributed by atoms with Gasteiger partial charge in [-0.1, -0.05) is 23.7 Å². The number of nitrogens with zero attached hydrogens (tertiary/aromatic N) is 2. The summed E-state index contributed by atoms with van der Waals surface area (Å²) in [7, 11) is -4.07. The maximum atomic E-state index is 13.1. The smallest absolute Gasteiger partial charge is 0.325 e. The Morgan fingerprint density at radius 2 is 1.83 bits per heavy atom. The molecular weight excluding hydrogens is 431 g/mol. The van der Waals surface area contributed by atoms with Crippen LogP contribution >= 0.6 is 11.6 Å². The van der Waals surface area contributed by atoms with Crippen molar-refractivity contribution in [1.82, 2.24) is 0 Å². The van der Waals surface area contributed by atoms with Crippen molar-refractivity contribution in [2.75, 3.05) is 22.4 Å². The second-order valence-corrected chi connectivity index (χ2v) is 8.33. The number of alkyl halides is 3. The summed E-state index contributed by atoms with van der Waals surface area (Å²) in [6.07, 6.45) is -3.82. The molecule has 1 amide bonds. The van der Waals surface area contributed by atoms with Gasteiger partial charge in [-0.3, -0.25) is 9.10 Å². The summed E-state index contributed by atoms with van der Waals surface area (Å²) in [5.74, 6) is -0.757. The third-order valence-corrected chi connectivity index (χ3v) is 5.22. The average molecular weight is 446 g/mol. The monoisotopic (exact) mass is 445 g/mol. The van der Waals surface area contributed by atoms with Gasteiger partial charge in [-0.05, 0) is 35.9 Å². The minimum atomic E-state index is -4.79. The van der Waals surface area contributed by atoms with Crippen LogP contribution in [0.25, 0.3) is 0 Å². The highest BCUT2D eigenvalue weighted by Gasteiger charge is 2.34. The molecule has 0 saturated carbocycles. The number of halogens is 4. The number of carbonyl (C=O) groups is 1. The molecule has 0 unspecified atom stereocenters. The van der Waals surface area contributed by atoms with Crippen LogP contribution in [0.5, 0.6) is 0 Å². The SMILES string of the molecule is CS(=O)(=O)N(CC(=O)Nc1ccc(CC#N)cc1)c1ccc(Cl)c(C(F)(F)F)c1. The van der Waals surface area contributed by atoms with Gasteiger partial charge in [-0.2, -0.15) is 18.4 Å². The molecule has 1 N–H and O–H groups in total. The van der Waals surface area contributed by atoms with Gasteiger partial charge in [-0.25, -0.2) is 8.42 Å². The highest BCUT2D eigenvalue weighted by Crippen LogP contribution is 2.37. The standard InChI is InChI=1S/C18H15ClF3N3O3S/c1-29(27,28)25(14-6-7-16(19)15(10-14)18(20,21)22)11-17(26)24-13-4-2-12(3-5-13)8-9-23/h2-7,10H,8,11H2,1H3,(H,24,26). The molecule has 0 spiro atoms. The fourth-order valence-corrected chi connectivity index (χ4v) is 3.49. The van der Waals surface area contributed by atoms with Crippen LogP contribution in [-0.4, -0.2) is 27.1 Å². The van der Waals surface area contributed by atoms with Crippen LogP contribution in [0.1, 0.15) is 11.1 Å². The molecule has 0 aliphatic heterocycles. The van der Waals surface area contributed by atoms with Crippen molar-refractivity contribution in [3.8, 4) is 6.07 Å². The van der Waals surface area contributed by atoms with Crippen LogP contribution in [0, 0.1) is 11.3 Å². The Labute approximate surface area is 170 Å². The molecule has 0 aliphatic carbocycles. The molecule has 0 radical (unpaired) electrons. The van der Waals surface area contributed by atoms with Gasteiger partial charge in [-0.15, -0.1) is 0 Å². The maximum Gasteiger partial charge on any atom is 0.417 e. The van der Waals surface area contributed by atoms with E-state index in [1.807, 2.05) is 6.07 Å². The largest absolute Gasteiger partial charge is 0.417 e. The molecule has 0 aromatic heterocycles. The van der Waals surface area contributed by atoms with Crippen molar-refractivity contribution >= 4 is 38.9 Å². The third kappa shape index (κ3) is 6.10. The fourth-order valence-electron chi connectivity index (χ4n) is 2.41. The lowest BCUT2D eigenvalue weighted by atomic mass is 10.1. The van der Waals surface area contributed by atoms with Crippen molar-refractivity contribution in [3.63, 3.8) is 0 Å². The van der Waals surface area contributed by atoms with Crippen LogP contribution in [0.4, 0.5) is 24.5 Å². The van der Waals surface area contributed by atoms with Gasteiger partial charge in [0.25, 0.3) is 0 Å². The summed E-state index contributed by atoms with van der Waals surface area (Å²) in [6.45, 7) is -0.738. The third-order valence-electron chi connectivity index (χ3n) is 3.75. The van der Waals surface area contributed by atoms with E-state index in [9.17, 15) is 26.4 Å². The molecule has 11 heteroatoms. The topological polar surface area (TPSA) is 90.3 Å². The second kappa shape index (κ2) is 8.71. The highest BCUT2D eigenvalue weighted by atomic mass is 35.5. The van der Waals surface area contributed by atoms with Crippen molar-refractivity contribution < 1.29 is 26.4 Å². The summed E-state index contributed by atoms with van der Waals surface area (Å²) in [5.41, 5.74) is -0.483. The van der Waals surface area contributed by atoms with Gasteiger partial charge in [0.15, 0.2) is 0 Å². The summed E-state index contributed by atoms with van der Waals surface area (Å²) < 4.78 is 63.9. The van der Waals surface area contributed by atoms with Crippen molar-refractivity contribution in [2.45, 2.75) is 12.6 Å². The zero-order valence-corrected chi connectivity index (χ0v) is 16.6. The van der Waals surface area contributed by atoms with Crippen LogP contribution in [-0.2, 0) is 27.4 Å². The molecule has 6 nitrogen and oxygen atoms in total. The van der Waals surface area contributed by atoms with E-state index in [0.717, 1.165) is 24.0 Å². The Morgan fingerprint density at radius 3 is 2.34 bits per heavy atom. The van der Waals surface area contributed by atoms with Crippen molar-refractivity contribution in [2.24, 2.45) is 0 Å². The number of benzene rings is 2. The van der Waals surface area contributed by atoms with E-state index in [1.165, 1.54) is 12.1 Å². The van der Waals surface area contributed by atoms with E-state index in [-0.39, 0.29) is 12.1 Å². The molecule has 0 atom stereocenters.